The van der Waals surface area contributed by atoms with Crippen molar-refractivity contribution in [2.45, 2.75) is 32.7 Å². The molecule has 0 aliphatic carbocycles. The van der Waals surface area contributed by atoms with Gasteiger partial charge in [0.25, 0.3) is 0 Å². The Morgan fingerprint density at radius 1 is 1.17 bits per heavy atom. The number of aromatic nitrogens is 2. The van der Waals surface area contributed by atoms with E-state index in [9.17, 15) is 4.79 Å². The van der Waals surface area contributed by atoms with Crippen molar-refractivity contribution in [1.82, 2.24) is 20.0 Å². The van der Waals surface area contributed by atoms with Crippen LogP contribution in [0.1, 0.15) is 30.7 Å². The Morgan fingerprint density at radius 2 is 1.83 bits per heavy atom. The molecule has 5 heteroatoms. The number of rotatable bonds is 4. The zero-order valence-corrected chi connectivity index (χ0v) is 14.7. The number of aromatic amines is 1. The number of nitrogens with zero attached hydrogens (tertiary/aromatic N) is 3. The fourth-order valence-electron chi connectivity index (χ4n) is 3.24. The molecule has 0 spiro atoms. The summed E-state index contributed by atoms with van der Waals surface area (Å²) in [6.45, 7) is 10.3. The first-order chi connectivity index (χ1) is 11.5. The van der Waals surface area contributed by atoms with Gasteiger partial charge in [0.1, 0.15) is 0 Å². The minimum Gasteiger partial charge on any atom is -0.339 e. The van der Waals surface area contributed by atoms with Crippen LogP contribution in [-0.4, -0.2) is 52.1 Å². The molecular formula is C19H26N4O. The molecule has 5 nitrogen and oxygen atoms in total. The Morgan fingerprint density at radius 3 is 2.42 bits per heavy atom. The van der Waals surface area contributed by atoms with Crippen LogP contribution in [0.2, 0.25) is 0 Å². The summed E-state index contributed by atoms with van der Waals surface area (Å²) in [6.07, 6.45) is 1.86. The smallest absolute Gasteiger partial charge is 0.232 e. The third kappa shape index (κ3) is 3.36. The lowest BCUT2D eigenvalue weighted by atomic mass is 9.83. The van der Waals surface area contributed by atoms with Gasteiger partial charge in [-0.15, -0.1) is 0 Å². The second kappa shape index (κ2) is 6.77. The van der Waals surface area contributed by atoms with E-state index < -0.39 is 5.41 Å². The summed E-state index contributed by atoms with van der Waals surface area (Å²) in [5.41, 5.74) is 2.95. The molecule has 0 saturated carbocycles. The number of carbonyl (C=O) groups is 1. The first-order valence-electron chi connectivity index (χ1n) is 8.54. The maximum atomic E-state index is 13.0. The molecule has 2 heterocycles. The van der Waals surface area contributed by atoms with Crippen LogP contribution in [0, 0.1) is 6.92 Å². The van der Waals surface area contributed by atoms with Crippen LogP contribution in [0.25, 0.3) is 0 Å². The van der Waals surface area contributed by atoms with Gasteiger partial charge in [-0.3, -0.25) is 14.8 Å². The molecule has 0 radical (unpaired) electrons. The molecule has 1 fully saturated rings. The molecule has 128 valence electrons. The molecule has 0 bridgehead atoms. The van der Waals surface area contributed by atoms with Crippen LogP contribution in [0.15, 0.2) is 36.5 Å². The molecule has 1 aromatic heterocycles. The molecule has 1 amide bonds. The summed E-state index contributed by atoms with van der Waals surface area (Å²) >= 11 is 0. The van der Waals surface area contributed by atoms with Crippen molar-refractivity contribution in [3.63, 3.8) is 0 Å². The van der Waals surface area contributed by atoms with Crippen LogP contribution in [0.3, 0.4) is 0 Å². The van der Waals surface area contributed by atoms with E-state index in [-0.39, 0.29) is 5.91 Å². The highest BCUT2D eigenvalue weighted by Gasteiger charge is 2.35. The van der Waals surface area contributed by atoms with E-state index in [0.717, 1.165) is 38.3 Å². The molecular weight excluding hydrogens is 300 g/mol. The SMILES string of the molecule is Cc1cn[nH]c1CN1CCN(C(=O)C(C)(C)c2ccccc2)CC1. The minimum absolute atomic E-state index is 0.214. The van der Waals surface area contributed by atoms with Gasteiger partial charge in [0.05, 0.1) is 17.3 Å². The summed E-state index contributed by atoms with van der Waals surface area (Å²) in [5.74, 6) is 0.214. The number of carbonyl (C=O) groups excluding carboxylic acids is 1. The van der Waals surface area contributed by atoms with Crippen molar-refractivity contribution < 1.29 is 4.79 Å². The number of aryl methyl sites for hydroxylation is 1. The monoisotopic (exact) mass is 326 g/mol. The van der Waals surface area contributed by atoms with Gasteiger partial charge in [-0.1, -0.05) is 30.3 Å². The Balaban J connectivity index is 1.60. The van der Waals surface area contributed by atoms with E-state index in [1.807, 2.05) is 55.3 Å². The molecule has 1 aliphatic rings. The number of amides is 1. The van der Waals surface area contributed by atoms with Crippen LogP contribution >= 0.6 is 0 Å². The Kier molecular flexibility index (Phi) is 4.71. The van der Waals surface area contributed by atoms with Crippen molar-refractivity contribution in [2.75, 3.05) is 26.2 Å². The van der Waals surface area contributed by atoms with Crippen molar-refractivity contribution >= 4 is 5.91 Å². The minimum atomic E-state index is -0.483. The highest BCUT2D eigenvalue weighted by Crippen LogP contribution is 2.26. The van der Waals surface area contributed by atoms with E-state index in [4.69, 9.17) is 0 Å². The molecule has 1 aliphatic heterocycles. The van der Waals surface area contributed by atoms with Crippen LogP contribution in [0.5, 0.6) is 0 Å². The van der Waals surface area contributed by atoms with Crippen LogP contribution in [-0.2, 0) is 16.8 Å². The van der Waals surface area contributed by atoms with Gasteiger partial charge in [0.15, 0.2) is 0 Å². The molecule has 0 atom stereocenters. The lowest BCUT2D eigenvalue weighted by Gasteiger charge is -2.38. The molecule has 0 unspecified atom stereocenters. The predicted octanol–water partition coefficient (Wildman–Crippen LogP) is 2.34. The summed E-state index contributed by atoms with van der Waals surface area (Å²) < 4.78 is 0. The zero-order chi connectivity index (χ0) is 17.2. The van der Waals surface area contributed by atoms with Gasteiger partial charge < -0.3 is 4.90 Å². The van der Waals surface area contributed by atoms with Crippen molar-refractivity contribution in [2.24, 2.45) is 0 Å². The largest absolute Gasteiger partial charge is 0.339 e. The average Bonchev–Trinajstić information content (AvgIpc) is 3.00. The summed E-state index contributed by atoms with van der Waals surface area (Å²) in [7, 11) is 0. The number of piperazine rings is 1. The second-order valence-electron chi connectivity index (χ2n) is 7.09. The standard InChI is InChI=1S/C19H26N4O/c1-15-13-20-21-17(15)14-22-9-11-23(12-10-22)18(24)19(2,3)16-7-5-4-6-8-16/h4-8,13H,9-12,14H2,1-3H3,(H,20,21). The van der Waals surface area contributed by atoms with Crippen molar-refractivity contribution in [3.05, 3.63) is 53.3 Å². The van der Waals surface area contributed by atoms with E-state index in [1.165, 1.54) is 11.3 Å². The predicted molar refractivity (Wildman–Crippen MR) is 94.6 cm³/mol. The Bertz CT molecular complexity index is 684. The first-order valence-corrected chi connectivity index (χ1v) is 8.54. The fraction of sp³-hybridized carbons (Fsp3) is 0.474. The van der Waals surface area contributed by atoms with Crippen molar-refractivity contribution in [1.29, 1.82) is 0 Å². The molecule has 1 saturated heterocycles. The number of nitrogens with one attached hydrogen (secondary N) is 1. The van der Waals surface area contributed by atoms with E-state index in [0.29, 0.717) is 0 Å². The summed E-state index contributed by atoms with van der Waals surface area (Å²) in [6, 6.07) is 10.1. The molecule has 2 aromatic rings. The Labute approximate surface area is 143 Å². The second-order valence-corrected chi connectivity index (χ2v) is 7.09. The lowest BCUT2D eigenvalue weighted by molar-refractivity contribution is -0.138. The Hall–Kier alpha value is -2.14. The van der Waals surface area contributed by atoms with Gasteiger partial charge in [-0.25, -0.2) is 0 Å². The zero-order valence-electron chi connectivity index (χ0n) is 14.7. The topological polar surface area (TPSA) is 52.2 Å². The van der Waals surface area contributed by atoms with E-state index >= 15 is 0 Å². The van der Waals surface area contributed by atoms with Crippen LogP contribution in [0.4, 0.5) is 0 Å². The maximum absolute atomic E-state index is 13.0. The van der Waals surface area contributed by atoms with Crippen LogP contribution < -0.4 is 0 Å². The third-order valence-corrected chi connectivity index (χ3v) is 5.01. The van der Waals surface area contributed by atoms with Gasteiger partial charge >= 0.3 is 0 Å². The molecule has 24 heavy (non-hydrogen) atoms. The average molecular weight is 326 g/mol. The van der Waals surface area contributed by atoms with Gasteiger partial charge in [0, 0.05) is 32.7 Å². The van der Waals surface area contributed by atoms with Gasteiger partial charge in [0.2, 0.25) is 5.91 Å². The lowest BCUT2D eigenvalue weighted by Crippen LogP contribution is -2.52. The summed E-state index contributed by atoms with van der Waals surface area (Å²) in [5, 5.41) is 7.14. The highest BCUT2D eigenvalue weighted by molar-refractivity contribution is 5.87. The van der Waals surface area contributed by atoms with E-state index in [1.54, 1.807) is 0 Å². The maximum Gasteiger partial charge on any atom is 0.232 e. The van der Waals surface area contributed by atoms with Crippen molar-refractivity contribution in [3.8, 4) is 0 Å². The quantitative estimate of drug-likeness (QED) is 0.938. The summed E-state index contributed by atoms with van der Waals surface area (Å²) in [4.78, 5) is 17.4. The fourth-order valence-corrected chi connectivity index (χ4v) is 3.24. The number of benzene rings is 1. The molecule has 3 rings (SSSR count). The third-order valence-electron chi connectivity index (χ3n) is 5.01. The first kappa shape index (κ1) is 16.7. The van der Waals surface area contributed by atoms with E-state index in [2.05, 4.69) is 22.0 Å². The highest BCUT2D eigenvalue weighted by atomic mass is 16.2. The number of H-pyrrole nitrogens is 1. The number of hydrogen-bond acceptors (Lipinski definition) is 3. The molecule has 1 aromatic carbocycles. The van der Waals surface area contributed by atoms with Gasteiger partial charge in [-0.05, 0) is 31.9 Å². The molecule has 1 N–H and O–H groups in total. The number of hydrogen-bond donors (Lipinski definition) is 1. The normalized spacial score (nSPS) is 16.4. The van der Waals surface area contributed by atoms with Gasteiger partial charge in [-0.2, -0.15) is 5.10 Å².